The Bertz CT molecular complexity index is 667. The third-order valence-electron chi connectivity index (χ3n) is 3.78. The lowest BCUT2D eigenvalue weighted by Gasteiger charge is -2.30. The van der Waals surface area contributed by atoms with Gasteiger partial charge in [0.25, 0.3) is 0 Å². The van der Waals surface area contributed by atoms with E-state index in [2.05, 4.69) is 5.32 Å². The molecule has 1 unspecified atom stereocenters. The number of ketones is 1. The predicted octanol–water partition coefficient (Wildman–Crippen LogP) is 1.50. The summed E-state index contributed by atoms with van der Waals surface area (Å²) in [5, 5.41) is 2.78. The first-order valence-corrected chi connectivity index (χ1v) is 8.99. The van der Waals surface area contributed by atoms with E-state index < -0.39 is 10.0 Å². The molecule has 1 N–H and O–H groups in total. The molecule has 0 spiro atoms. The fourth-order valence-corrected chi connectivity index (χ4v) is 3.40. The molecule has 120 valence electrons. The Morgan fingerprint density at radius 2 is 1.86 bits per heavy atom. The molecular formula is C15H20N2O4S. The van der Waals surface area contributed by atoms with Gasteiger partial charge in [-0.3, -0.25) is 9.59 Å². The van der Waals surface area contributed by atoms with Gasteiger partial charge in [-0.2, -0.15) is 0 Å². The second-order valence-electron chi connectivity index (χ2n) is 5.58. The van der Waals surface area contributed by atoms with Gasteiger partial charge in [-0.25, -0.2) is 12.7 Å². The minimum Gasteiger partial charge on any atom is -0.326 e. The summed E-state index contributed by atoms with van der Waals surface area (Å²) in [5.41, 5.74) is 1.19. The quantitative estimate of drug-likeness (QED) is 0.851. The maximum absolute atomic E-state index is 12.3. The summed E-state index contributed by atoms with van der Waals surface area (Å²) in [6.07, 6.45) is 2.51. The summed E-state index contributed by atoms with van der Waals surface area (Å²) >= 11 is 0. The van der Waals surface area contributed by atoms with E-state index in [9.17, 15) is 18.0 Å². The second kappa shape index (κ2) is 6.58. The van der Waals surface area contributed by atoms with Crippen molar-refractivity contribution in [2.24, 2.45) is 5.92 Å². The Morgan fingerprint density at radius 3 is 2.41 bits per heavy atom. The van der Waals surface area contributed by atoms with Crippen molar-refractivity contribution in [2.45, 2.75) is 19.8 Å². The summed E-state index contributed by atoms with van der Waals surface area (Å²) in [6, 6.07) is 6.65. The predicted molar refractivity (Wildman–Crippen MR) is 84.2 cm³/mol. The van der Waals surface area contributed by atoms with Crippen LogP contribution in [-0.2, 0) is 14.8 Å². The van der Waals surface area contributed by atoms with Gasteiger partial charge in [0.15, 0.2) is 5.78 Å². The highest BCUT2D eigenvalue weighted by molar-refractivity contribution is 7.88. The molecule has 0 bridgehead atoms. The van der Waals surface area contributed by atoms with Crippen LogP contribution in [0.15, 0.2) is 24.3 Å². The molecule has 0 aliphatic carbocycles. The van der Waals surface area contributed by atoms with Gasteiger partial charge in [0.2, 0.25) is 15.9 Å². The SMILES string of the molecule is CC(=O)c1ccc(NC(=O)C2CCCN(S(C)(=O)=O)C2)cc1. The minimum atomic E-state index is -3.26. The van der Waals surface area contributed by atoms with Crippen molar-refractivity contribution >= 4 is 27.4 Å². The lowest BCUT2D eigenvalue weighted by molar-refractivity contribution is -0.120. The first kappa shape index (κ1) is 16.6. The molecule has 1 saturated heterocycles. The number of rotatable bonds is 4. The number of piperidine rings is 1. The summed E-state index contributed by atoms with van der Waals surface area (Å²) in [7, 11) is -3.26. The van der Waals surface area contributed by atoms with Crippen LogP contribution in [0.4, 0.5) is 5.69 Å². The summed E-state index contributed by atoms with van der Waals surface area (Å²) in [4.78, 5) is 23.5. The monoisotopic (exact) mass is 324 g/mol. The maximum Gasteiger partial charge on any atom is 0.228 e. The van der Waals surface area contributed by atoms with E-state index in [1.807, 2.05) is 0 Å². The van der Waals surface area contributed by atoms with E-state index in [0.717, 1.165) is 6.26 Å². The van der Waals surface area contributed by atoms with E-state index in [-0.39, 0.29) is 24.2 Å². The molecule has 1 amide bonds. The van der Waals surface area contributed by atoms with Gasteiger partial charge < -0.3 is 5.32 Å². The molecule has 0 saturated carbocycles. The summed E-state index contributed by atoms with van der Waals surface area (Å²) < 4.78 is 24.5. The zero-order valence-corrected chi connectivity index (χ0v) is 13.5. The van der Waals surface area contributed by atoms with Gasteiger partial charge in [0.05, 0.1) is 12.2 Å². The maximum atomic E-state index is 12.3. The molecule has 1 fully saturated rings. The van der Waals surface area contributed by atoms with Gasteiger partial charge in [-0.05, 0) is 44.0 Å². The van der Waals surface area contributed by atoms with Crippen LogP contribution in [0, 0.1) is 5.92 Å². The van der Waals surface area contributed by atoms with Crippen LogP contribution in [0.25, 0.3) is 0 Å². The average Bonchev–Trinajstić information content (AvgIpc) is 2.47. The Labute approximate surface area is 130 Å². The number of carbonyl (C=O) groups is 2. The number of nitrogens with one attached hydrogen (secondary N) is 1. The fraction of sp³-hybridized carbons (Fsp3) is 0.467. The number of hydrogen-bond donors (Lipinski definition) is 1. The zero-order chi connectivity index (χ0) is 16.3. The highest BCUT2D eigenvalue weighted by Crippen LogP contribution is 2.20. The summed E-state index contributed by atoms with van der Waals surface area (Å²) in [6.45, 7) is 2.17. The molecule has 1 heterocycles. The van der Waals surface area contributed by atoms with E-state index in [1.54, 1.807) is 24.3 Å². The first-order chi connectivity index (χ1) is 10.3. The van der Waals surface area contributed by atoms with E-state index in [0.29, 0.717) is 30.6 Å². The Kier molecular flexibility index (Phi) is 4.97. The van der Waals surface area contributed by atoms with Crippen LogP contribution < -0.4 is 5.32 Å². The van der Waals surface area contributed by atoms with Crippen LogP contribution >= 0.6 is 0 Å². The number of benzene rings is 1. The fourth-order valence-electron chi connectivity index (χ4n) is 2.49. The van der Waals surface area contributed by atoms with Gasteiger partial charge in [0, 0.05) is 24.3 Å². The first-order valence-electron chi connectivity index (χ1n) is 7.14. The number of anilines is 1. The molecule has 7 heteroatoms. The molecule has 22 heavy (non-hydrogen) atoms. The molecule has 1 aromatic rings. The van der Waals surface area contributed by atoms with E-state index in [4.69, 9.17) is 0 Å². The van der Waals surface area contributed by atoms with E-state index >= 15 is 0 Å². The van der Waals surface area contributed by atoms with Crippen LogP contribution in [0.2, 0.25) is 0 Å². The van der Waals surface area contributed by atoms with Crippen LogP contribution in [0.1, 0.15) is 30.1 Å². The van der Waals surface area contributed by atoms with Gasteiger partial charge in [-0.1, -0.05) is 0 Å². The lowest BCUT2D eigenvalue weighted by Crippen LogP contribution is -2.43. The number of carbonyl (C=O) groups excluding carboxylic acids is 2. The van der Waals surface area contributed by atoms with Gasteiger partial charge in [-0.15, -0.1) is 0 Å². The number of hydrogen-bond acceptors (Lipinski definition) is 4. The normalized spacial score (nSPS) is 19.6. The molecule has 6 nitrogen and oxygen atoms in total. The standard InChI is InChI=1S/C15H20N2O4S/c1-11(18)12-5-7-14(8-6-12)16-15(19)13-4-3-9-17(10-13)22(2,20)21/h5-8,13H,3-4,9-10H2,1-2H3,(H,16,19). The smallest absolute Gasteiger partial charge is 0.228 e. The molecule has 1 aliphatic heterocycles. The van der Waals surface area contributed by atoms with Crippen molar-refractivity contribution in [3.63, 3.8) is 0 Å². The number of amides is 1. The van der Waals surface area contributed by atoms with Crippen molar-refractivity contribution < 1.29 is 18.0 Å². The summed E-state index contributed by atoms with van der Waals surface area (Å²) in [5.74, 6) is -0.575. The minimum absolute atomic E-state index is 0.0334. The van der Waals surface area contributed by atoms with E-state index in [1.165, 1.54) is 11.2 Å². The average molecular weight is 324 g/mol. The van der Waals surface area contributed by atoms with Crippen molar-refractivity contribution in [3.8, 4) is 0 Å². The molecule has 1 aromatic carbocycles. The molecular weight excluding hydrogens is 304 g/mol. The highest BCUT2D eigenvalue weighted by Gasteiger charge is 2.30. The lowest BCUT2D eigenvalue weighted by atomic mass is 9.98. The zero-order valence-electron chi connectivity index (χ0n) is 12.7. The number of nitrogens with zero attached hydrogens (tertiary/aromatic N) is 1. The van der Waals surface area contributed by atoms with Gasteiger partial charge >= 0.3 is 0 Å². The Hall–Kier alpha value is -1.73. The largest absolute Gasteiger partial charge is 0.326 e. The third kappa shape index (κ3) is 4.14. The van der Waals surface area contributed by atoms with Crippen molar-refractivity contribution in [1.29, 1.82) is 0 Å². The molecule has 0 aromatic heterocycles. The molecule has 1 aliphatic rings. The number of Topliss-reactive ketones (excluding diaryl/α,β-unsaturated/α-hetero) is 1. The molecule has 1 atom stereocenters. The van der Waals surface area contributed by atoms with Crippen LogP contribution in [0.3, 0.4) is 0 Å². The third-order valence-corrected chi connectivity index (χ3v) is 5.05. The molecule has 0 radical (unpaired) electrons. The Morgan fingerprint density at radius 1 is 1.23 bits per heavy atom. The van der Waals surface area contributed by atoms with Crippen LogP contribution in [-0.4, -0.2) is 43.8 Å². The van der Waals surface area contributed by atoms with Crippen molar-refractivity contribution in [3.05, 3.63) is 29.8 Å². The van der Waals surface area contributed by atoms with Crippen LogP contribution in [0.5, 0.6) is 0 Å². The van der Waals surface area contributed by atoms with Gasteiger partial charge in [0.1, 0.15) is 0 Å². The Balaban J connectivity index is 2.01. The second-order valence-corrected chi connectivity index (χ2v) is 7.57. The van der Waals surface area contributed by atoms with Crippen molar-refractivity contribution in [1.82, 2.24) is 4.31 Å². The topological polar surface area (TPSA) is 83.6 Å². The highest BCUT2D eigenvalue weighted by atomic mass is 32.2. The number of sulfonamides is 1. The van der Waals surface area contributed by atoms with Crippen molar-refractivity contribution in [2.75, 3.05) is 24.7 Å². The molecule has 2 rings (SSSR count).